The van der Waals surface area contributed by atoms with Crippen LogP contribution in [0.1, 0.15) is 5.56 Å². The van der Waals surface area contributed by atoms with Crippen LogP contribution in [0.15, 0.2) is 61.1 Å². The third-order valence-corrected chi connectivity index (χ3v) is 6.66. The minimum atomic E-state index is -0.369. The summed E-state index contributed by atoms with van der Waals surface area (Å²) in [6, 6.07) is 11.6. The Morgan fingerprint density at radius 2 is 1.82 bits per heavy atom. The van der Waals surface area contributed by atoms with E-state index in [1.807, 2.05) is 39.2 Å². The highest BCUT2D eigenvalue weighted by Crippen LogP contribution is 2.35. The number of nitrogens with one attached hydrogen (secondary N) is 3. The zero-order chi connectivity index (χ0) is 27.1. The molecule has 6 rings (SSSR count). The molecule has 8 nitrogen and oxygen atoms in total. The summed E-state index contributed by atoms with van der Waals surface area (Å²) in [4.78, 5) is 18.9. The maximum atomic E-state index is 15.0. The Balaban J connectivity index is 1.43. The number of aryl methyl sites for hydroxylation is 1. The van der Waals surface area contributed by atoms with Crippen LogP contribution >= 0.6 is 0 Å². The normalized spacial score (nSPS) is 11.6. The molecule has 0 saturated heterocycles. The van der Waals surface area contributed by atoms with Gasteiger partial charge in [-0.05, 0) is 63.0 Å². The minimum absolute atomic E-state index is 0.368. The fourth-order valence-electron chi connectivity index (χ4n) is 4.68. The lowest BCUT2D eigenvalue weighted by molar-refractivity contribution is 0.425. The van der Waals surface area contributed by atoms with Crippen molar-refractivity contribution in [2.45, 2.75) is 6.92 Å². The number of aromatic nitrogens is 6. The molecule has 4 heterocycles. The van der Waals surface area contributed by atoms with Crippen molar-refractivity contribution in [3.63, 3.8) is 0 Å². The first kappa shape index (κ1) is 24.6. The lowest BCUT2D eigenvalue weighted by Crippen LogP contribution is -2.20. The lowest BCUT2D eigenvalue weighted by atomic mass is 10.0. The fraction of sp³-hybridized carbons (Fsp3) is 0.172. The predicted octanol–water partition coefficient (Wildman–Crippen LogP) is 5.79. The molecular formula is C29H26F2N8. The van der Waals surface area contributed by atoms with Gasteiger partial charge in [0.2, 0.25) is 0 Å². The molecule has 6 aromatic rings. The van der Waals surface area contributed by atoms with E-state index < -0.39 is 0 Å². The summed E-state index contributed by atoms with van der Waals surface area (Å²) in [6.45, 7) is 3.40. The molecule has 0 bridgehead atoms. The van der Waals surface area contributed by atoms with E-state index in [9.17, 15) is 4.39 Å². The molecule has 4 aromatic heterocycles. The SMILES string of the molecule is Cc1ccncc1-c1cc2c(-c3nc4c(-c5cc(F)cc(NCCN(C)C)c5)nccc4[nH]3)n[nH]c2cc1F. The van der Waals surface area contributed by atoms with Gasteiger partial charge in [-0.2, -0.15) is 5.10 Å². The third-order valence-electron chi connectivity index (χ3n) is 6.66. The summed E-state index contributed by atoms with van der Waals surface area (Å²) in [6.07, 6.45) is 4.99. The monoisotopic (exact) mass is 524 g/mol. The van der Waals surface area contributed by atoms with Gasteiger partial charge >= 0.3 is 0 Å². The van der Waals surface area contributed by atoms with E-state index in [1.54, 1.807) is 24.7 Å². The number of hydrogen-bond donors (Lipinski definition) is 3. The molecule has 3 N–H and O–H groups in total. The van der Waals surface area contributed by atoms with Gasteiger partial charge in [0.05, 0.1) is 16.7 Å². The number of aromatic amines is 2. The number of anilines is 1. The second kappa shape index (κ2) is 9.88. The zero-order valence-electron chi connectivity index (χ0n) is 21.7. The number of likely N-dealkylation sites (N-methyl/N-ethyl adjacent to an activating group) is 1. The number of nitrogens with zero attached hydrogens (tertiary/aromatic N) is 5. The average Bonchev–Trinajstić information content (AvgIpc) is 3.51. The van der Waals surface area contributed by atoms with Gasteiger partial charge in [0.15, 0.2) is 5.82 Å². The van der Waals surface area contributed by atoms with Crippen LogP contribution in [0.25, 0.3) is 55.8 Å². The Labute approximate surface area is 223 Å². The first-order chi connectivity index (χ1) is 18.9. The highest BCUT2D eigenvalue weighted by Gasteiger charge is 2.19. The van der Waals surface area contributed by atoms with Crippen LogP contribution in [0.2, 0.25) is 0 Å². The molecule has 0 fully saturated rings. The Kier molecular flexibility index (Phi) is 6.24. The van der Waals surface area contributed by atoms with E-state index >= 15 is 4.39 Å². The van der Waals surface area contributed by atoms with Gasteiger partial charge in [-0.15, -0.1) is 0 Å². The Morgan fingerprint density at radius 1 is 0.949 bits per heavy atom. The largest absolute Gasteiger partial charge is 0.384 e. The molecule has 0 radical (unpaired) electrons. The number of benzene rings is 2. The second-order valence-electron chi connectivity index (χ2n) is 9.74. The van der Waals surface area contributed by atoms with Crippen molar-refractivity contribution in [3.8, 4) is 33.9 Å². The summed E-state index contributed by atoms with van der Waals surface area (Å²) in [5.41, 5.74) is 6.27. The molecule has 0 saturated carbocycles. The highest BCUT2D eigenvalue weighted by molar-refractivity contribution is 5.98. The minimum Gasteiger partial charge on any atom is -0.384 e. The molecular weight excluding hydrogens is 498 g/mol. The van der Waals surface area contributed by atoms with Crippen LogP contribution in [0, 0.1) is 18.6 Å². The van der Waals surface area contributed by atoms with Crippen LogP contribution in [0.4, 0.5) is 14.5 Å². The summed E-state index contributed by atoms with van der Waals surface area (Å²) < 4.78 is 29.6. The molecule has 2 aromatic carbocycles. The average molecular weight is 525 g/mol. The van der Waals surface area contributed by atoms with Crippen molar-refractivity contribution < 1.29 is 8.78 Å². The van der Waals surface area contributed by atoms with Crippen LogP contribution in [0.5, 0.6) is 0 Å². The first-order valence-electron chi connectivity index (χ1n) is 12.5. The zero-order valence-corrected chi connectivity index (χ0v) is 21.7. The number of halogens is 2. The van der Waals surface area contributed by atoms with Gasteiger partial charge < -0.3 is 15.2 Å². The molecule has 0 aliphatic rings. The maximum Gasteiger partial charge on any atom is 0.159 e. The number of pyridine rings is 2. The smallest absolute Gasteiger partial charge is 0.159 e. The van der Waals surface area contributed by atoms with Crippen molar-refractivity contribution >= 4 is 27.6 Å². The summed E-state index contributed by atoms with van der Waals surface area (Å²) in [5.74, 6) is -0.245. The predicted molar refractivity (Wildman–Crippen MR) is 149 cm³/mol. The Bertz CT molecular complexity index is 1820. The molecule has 0 unspecified atom stereocenters. The molecule has 10 heteroatoms. The highest BCUT2D eigenvalue weighted by atomic mass is 19.1. The number of imidazole rings is 1. The number of H-pyrrole nitrogens is 2. The lowest BCUT2D eigenvalue weighted by Gasteiger charge is -2.12. The van der Waals surface area contributed by atoms with Gasteiger partial charge in [-0.25, -0.2) is 13.8 Å². The Hall–Kier alpha value is -4.70. The first-order valence-corrected chi connectivity index (χ1v) is 12.5. The summed E-state index contributed by atoms with van der Waals surface area (Å²) in [7, 11) is 3.97. The third kappa shape index (κ3) is 4.70. The molecule has 0 aliphatic heterocycles. The van der Waals surface area contributed by atoms with E-state index in [4.69, 9.17) is 4.98 Å². The number of rotatable bonds is 7. The van der Waals surface area contributed by atoms with Crippen molar-refractivity contribution in [1.82, 2.24) is 35.0 Å². The van der Waals surface area contributed by atoms with Crippen LogP contribution in [0.3, 0.4) is 0 Å². The summed E-state index contributed by atoms with van der Waals surface area (Å²) in [5, 5.41) is 11.3. The van der Waals surface area contributed by atoms with Gasteiger partial charge in [-0.1, -0.05) is 0 Å². The van der Waals surface area contributed by atoms with E-state index in [2.05, 4.69) is 35.4 Å². The molecule has 0 spiro atoms. The molecule has 0 amide bonds. The second-order valence-corrected chi connectivity index (χ2v) is 9.74. The molecule has 39 heavy (non-hydrogen) atoms. The van der Waals surface area contributed by atoms with Gasteiger partial charge in [-0.3, -0.25) is 15.1 Å². The fourth-order valence-corrected chi connectivity index (χ4v) is 4.68. The van der Waals surface area contributed by atoms with Crippen LogP contribution in [-0.4, -0.2) is 62.2 Å². The molecule has 196 valence electrons. The number of hydrogen-bond acceptors (Lipinski definition) is 6. The van der Waals surface area contributed by atoms with Crippen molar-refractivity contribution in [1.29, 1.82) is 0 Å². The van der Waals surface area contributed by atoms with E-state index in [1.165, 1.54) is 18.2 Å². The van der Waals surface area contributed by atoms with Crippen molar-refractivity contribution in [2.24, 2.45) is 0 Å². The number of fused-ring (bicyclic) bond motifs is 2. The van der Waals surface area contributed by atoms with Gasteiger partial charge in [0.25, 0.3) is 0 Å². The maximum absolute atomic E-state index is 15.0. The van der Waals surface area contributed by atoms with E-state index in [0.717, 1.165) is 17.6 Å². The summed E-state index contributed by atoms with van der Waals surface area (Å²) >= 11 is 0. The van der Waals surface area contributed by atoms with Crippen LogP contribution < -0.4 is 5.32 Å². The van der Waals surface area contributed by atoms with Gasteiger partial charge in [0, 0.05) is 65.5 Å². The molecule has 0 atom stereocenters. The quantitative estimate of drug-likeness (QED) is 0.245. The Morgan fingerprint density at radius 3 is 2.64 bits per heavy atom. The van der Waals surface area contributed by atoms with E-state index in [0.29, 0.717) is 62.6 Å². The standard InChI is InChI=1S/C29H26F2N8/c1-16-4-6-32-15-22(16)20-13-21-25(14-23(20)31)37-38-27(21)29-35-24-5-7-34-26(28(24)36-29)17-10-18(30)12-19(11-17)33-8-9-39(2)3/h4-7,10-15,33H,8-9H2,1-3H3,(H,35,36)(H,37,38). The van der Waals surface area contributed by atoms with E-state index in [-0.39, 0.29) is 11.6 Å². The van der Waals surface area contributed by atoms with Crippen molar-refractivity contribution in [3.05, 3.63) is 78.3 Å². The topological polar surface area (TPSA) is 98.4 Å². The van der Waals surface area contributed by atoms with Gasteiger partial charge in [0.1, 0.15) is 22.8 Å². The van der Waals surface area contributed by atoms with Crippen LogP contribution in [-0.2, 0) is 0 Å². The van der Waals surface area contributed by atoms with Crippen molar-refractivity contribution in [2.75, 3.05) is 32.5 Å². The molecule has 0 aliphatic carbocycles.